The van der Waals surface area contributed by atoms with Gasteiger partial charge in [-0.3, -0.25) is 9.59 Å². The molecule has 1 saturated heterocycles. The molecule has 2 heterocycles. The van der Waals surface area contributed by atoms with Crippen LogP contribution in [0.15, 0.2) is 43.0 Å². The molecule has 130 valence electrons. The number of rotatable bonds is 3. The van der Waals surface area contributed by atoms with E-state index in [0.29, 0.717) is 30.8 Å². The summed E-state index contributed by atoms with van der Waals surface area (Å²) in [5.74, 6) is -0.122. The maximum Gasteiger partial charge on any atom is 0.257 e. The molecule has 25 heavy (non-hydrogen) atoms. The van der Waals surface area contributed by atoms with E-state index < -0.39 is 0 Å². The molecule has 7 nitrogen and oxygen atoms in total. The van der Waals surface area contributed by atoms with Crippen LogP contribution in [0.4, 0.5) is 5.69 Å². The first-order valence-electron chi connectivity index (χ1n) is 8.24. The quantitative estimate of drug-likeness (QED) is 0.917. The minimum Gasteiger partial charge on any atom is -0.387 e. The Morgan fingerprint density at radius 3 is 2.52 bits per heavy atom. The van der Waals surface area contributed by atoms with Crippen LogP contribution in [-0.4, -0.2) is 64.3 Å². The molecule has 0 bridgehead atoms. The average molecular weight is 339 g/mol. The Hall–Kier alpha value is -2.96. The molecule has 1 aliphatic rings. The first-order valence-corrected chi connectivity index (χ1v) is 8.24. The molecule has 0 saturated carbocycles. The maximum atomic E-state index is 12.9. The van der Waals surface area contributed by atoms with Gasteiger partial charge in [0.15, 0.2) is 0 Å². The van der Waals surface area contributed by atoms with Crippen molar-refractivity contribution in [3.05, 3.63) is 54.1 Å². The Bertz CT molecular complexity index is 765. The number of para-hydroxylation sites is 1. The third-order valence-corrected chi connectivity index (χ3v) is 4.41. The summed E-state index contributed by atoms with van der Waals surface area (Å²) in [7, 11) is 1.80. The molecule has 1 aromatic carbocycles. The summed E-state index contributed by atoms with van der Waals surface area (Å²) < 4.78 is 0. The molecule has 0 radical (unpaired) electrons. The summed E-state index contributed by atoms with van der Waals surface area (Å²) in [4.78, 5) is 36.8. The van der Waals surface area contributed by atoms with Crippen LogP contribution < -0.4 is 5.32 Å². The van der Waals surface area contributed by atoms with Crippen molar-refractivity contribution < 1.29 is 9.59 Å². The minimum absolute atomic E-state index is 0.0207. The second kappa shape index (κ2) is 7.29. The van der Waals surface area contributed by atoms with Gasteiger partial charge in [0, 0.05) is 50.8 Å². The lowest BCUT2D eigenvalue weighted by Crippen LogP contribution is -2.55. The van der Waals surface area contributed by atoms with Gasteiger partial charge in [0.1, 0.15) is 6.33 Å². The van der Waals surface area contributed by atoms with Crippen LogP contribution in [-0.2, 0) is 0 Å². The van der Waals surface area contributed by atoms with Gasteiger partial charge in [0.2, 0.25) is 0 Å². The minimum atomic E-state index is -0.102. The van der Waals surface area contributed by atoms with Gasteiger partial charge in [-0.05, 0) is 19.1 Å². The SMILES string of the molecule is CNc1ccccc1C(=O)N1CCN(C(=O)c2cncnc2)CC1C. The van der Waals surface area contributed by atoms with E-state index in [-0.39, 0.29) is 17.9 Å². The third kappa shape index (κ3) is 3.45. The van der Waals surface area contributed by atoms with E-state index in [1.807, 2.05) is 36.1 Å². The molecule has 0 aliphatic carbocycles. The predicted molar refractivity (Wildman–Crippen MR) is 94.4 cm³/mol. The average Bonchev–Trinajstić information content (AvgIpc) is 2.67. The fourth-order valence-electron chi connectivity index (χ4n) is 3.08. The summed E-state index contributed by atoms with van der Waals surface area (Å²) in [5.41, 5.74) is 1.92. The highest BCUT2D eigenvalue weighted by Gasteiger charge is 2.31. The summed E-state index contributed by atoms with van der Waals surface area (Å²) in [6.07, 6.45) is 4.43. The Balaban J connectivity index is 1.72. The number of nitrogens with one attached hydrogen (secondary N) is 1. The Labute approximate surface area is 146 Å². The van der Waals surface area contributed by atoms with Crippen molar-refractivity contribution in [2.75, 3.05) is 32.0 Å². The smallest absolute Gasteiger partial charge is 0.257 e. The molecule has 1 fully saturated rings. The molecular weight excluding hydrogens is 318 g/mol. The number of carbonyl (C=O) groups is 2. The lowest BCUT2D eigenvalue weighted by atomic mass is 10.1. The number of hydrogen-bond acceptors (Lipinski definition) is 5. The topological polar surface area (TPSA) is 78.4 Å². The molecule has 0 spiro atoms. The normalized spacial score (nSPS) is 17.3. The molecule has 7 heteroatoms. The lowest BCUT2D eigenvalue weighted by molar-refractivity contribution is 0.0414. The zero-order valence-electron chi connectivity index (χ0n) is 14.3. The summed E-state index contributed by atoms with van der Waals surface area (Å²) >= 11 is 0. The van der Waals surface area contributed by atoms with E-state index in [4.69, 9.17) is 0 Å². The highest BCUT2D eigenvalue weighted by atomic mass is 16.2. The number of carbonyl (C=O) groups excluding carboxylic acids is 2. The Morgan fingerprint density at radius 2 is 1.84 bits per heavy atom. The summed E-state index contributed by atoms with van der Waals surface area (Å²) in [6, 6.07) is 7.38. The van der Waals surface area contributed by atoms with Gasteiger partial charge in [-0.25, -0.2) is 9.97 Å². The zero-order valence-corrected chi connectivity index (χ0v) is 14.3. The van der Waals surface area contributed by atoms with Gasteiger partial charge < -0.3 is 15.1 Å². The van der Waals surface area contributed by atoms with E-state index in [1.165, 1.54) is 18.7 Å². The monoisotopic (exact) mass is 339 g/mol. The number of aromatic nitrogens is 2. The van der Waals surface area contributed by atoms with E-state index in [1.54, 1.807) is 11.9 Å². The second-order valence-corrected chi connectivity index (χ2v) is 6.02. The maximum absolute atomic E-state index is 12.9. The number of nitrogens with zero attached hydrogens (tertiary/aromatic N) is 4. The number of amides is 2. The fourth-order valence-corrected chi connectivity index (χ4v) is 3.08. The first-order chi connectivity index (χ1) is 12.1. The molecule has 3 rings (SSSR count). The van der Waals surface area contributed by atoms with Gasteiger partial charge in [-0.2, -0.15) is 0 Å². The predicted octanol–water partition coefficient (Wildman–Crippen LogP) is 1.50. The van der Waals surface area contributed by atoms with Crippen molar-refractivity contribution in [3.8, 4) is 0 Å². The molecular formula is C18H21N5O2. The largest absolute Gasteiger partial charge is 0.387 e. The van der Waals surface area contributed by atoms with Crippen LogP contribution in [0.2, 0.25) is 0 Å². The molecule has 1 N–H and O–H groups in total. The molecule has 1 unspecified atom stereocenters. The van der Waals surface area contributed by atoms with Gasteiger partial charge in [0.05, 0.1) is 11.1 Å². The number of benzene rings is 1. The number of piperazine rings is 1. The van der Waals surface area contributed by atoms with E-state index in [0.717, 1.165) is 5.69 Å². The van der Waals surface area contributed by atoms with Crippen molar-refractivity contribution in [2.45, 2.75) is 13.0 Å². The van der Waals surface area contributed by atoms with Crippen molar-refractivity contribution in [2.24, 2.45) is 0 Å². The second-order valence-electron chi connectivity index (χ2n) is 6.02. The van der Waals surface area contributed by atoms with Crippen molar-refractivity contribution in [1.82, 2.24) is 19.8 Å². The molecule has 1 aliphatic heterocycles. The molecule has 1 aromatic heterocycles. The zero-order chi connectivity index (χ0) is 17.8. The summed E-state index contributed by atoms with van der Waals surface area (Å²) in [6.45, 7) is 3.44. The molecule has 1 atom stereocenters. The van der Waals surface area contributed by atoms with Crippen LogP contribution in [0.5, 0.6) is 0 Å². The van der Waals surface area contributed by atoms with E-state index in [9.17, 15) is 9.59 Å². The van der Waals surface area contributed by atoms with Crippen molar-refractivity contribution >= 4 is 17.5 Å². The fraction of sp³-hybridized carbons (Fsp3) is 0.333. The summed E-state index contributed by atoms with van der Waals surface area (Å²) in [5, 5.41) is 3.05. The lowest BCUT2D eigenvalue weighted by Gasteiger charge is -2.40. The Morgan fingerprint density at radius 1 is 1.12 bits per heavy atom. The van der Waals surface area contributed by atoms with Crippen molar-refractivity contribution in [1.29, 1.82) is 0 Å². The van der Waals surface area contributed by atoms with Crippen LogP contribution >= 0.6 is 0 Å². The van der Waals surface area contributed by atoms with Gasteiger partial charge in [0.25, 0.3) is 11.8 Å². The van der Waals surface area contributed by atoms with E-state index >= 15 is 0 Å². The van der Waals surface area contributed by atoms with Gasteiger partial charge >= 0.3 is 0 Å². The van der Waals surface area contributed by atoms with Crippen LogP contribution in [0.25, 0.3) is 0 Å². The van der Waals surface area contributed by atoms with Crippen molar-refractivity contribution in [3.63, 3.8) is 0 Å². The number of hydrogen-bond donors (Lipinski definition) is 1. The molecule has 2 aromatic rings. The highest BCUT2D eigenvalue weighted by molar-refractivity contribution is 6.00. The third-order valence-electron chi connectivity index (χ3n) is 4.41. The van der Waals surface area contributed by atoms with Gasteiger partial charge in [-0.1, -0.05) is 12.1 Å². The van der Waals surface area contributed by atoms with E-state index in [2.05, 4.69) is 15.3 Å². The highest BCUT2D eigenvalue weighted by Crippen LogP contribution is 2.20. The number of anilines is 1. The molecule has 2 amide bonds. The first kappa shape index (κ1) is 16.9. The van der Waals surface area contributed by atoms with Crippen LogP contribution in [0, 0.1) is 0 Å². The standard InChI is InChI=1S/C18H21N5O2/c1-13-11-22(17(24)14-9-20-12-21-10-14)7-8-23(13)18(25)15-5-3-4-6-16(15)19-2/h3-6,9-10,12-13,19H,7-8,11H2,1-2H3. The Kier molecular flexibility index (Phi) is 4.92. The van der Waals surface area contributed by atoms with Gasteiger partial charge in [-0.15, -0.1) is 0 Å². The van der Waals surface area contributed by atoms with Crippen LogP contribution in [0.3, 0.4) is 0 Å². The van der Waals surface area contributed by atoms with Crippen LogP contribution in [0.1, 0.15) is 27.6 Å².